The van der Waals surface area contributed by atoms with Crippen molar-refractivity contribution >= 4 is 17.6 Å². The highest BCUT2D eigenvalue weighted by Gasteiger charge is 2.42. The molecule has 21 heavy (non-hydrogen) atoms. The molecule has 1 unspecified atom stereocenters. The van der Waals surface area contributed by atoms with E-state index < -0.39 is 11.4 Å². The fourth-order valence-corrected chi connectivity index (χ4v) is 3.18. The Labute approximate surface area is 124 Å². The van der Waals surface area contributed by atoms with Crippen molar-refractivity contribution in [1.29, 1.82) is 0 Å². The predicted octanol–water partition coefficient (Wildman–Crippen LogP) is 1.37. The van der Waals surface area contributed by atoms with Gasteiger partial charge in [0.1, 0.15) is 0 Å². The van der Waals surface area contributed by atoms with Gasteiger partial charge in [0.25, 0.3) is 0 Å². The molecule has 2 aliphatic rings. The molecule has 5 nitrogen and oxygen atoms in total. The SMILES string of the molecule is CC1(C(=O)O)CCN(C(=O)CN2CCc3ccccc32)C1. The number of aliphatic carboxylic acids is 1. The molecule has 2 aliphatic heterocycles. The average molecular weight is 288 g/mol. The molecule has 1 aromatic rings. The topological polar surface area (TPSA) is 60.9 Å². The third-order valence-corrected chi connectivity index (χ3v) is 4.65. The van der Waals surface area contributed by atoms with E-state index in [1.54, 1.807) is 11.8 Å². The third kappa shape index (κ3) is 2.48. The molecular weight excluding hydrogens is 268 g/mol. The van der Waals surface area contributed by atoms with E-state index in [0.717, 1.165) is 18.7 Å². The molecule has 1 saturated heterocycles. The van der Waals surface area contributed by atoms with Gasteiger partial charge in [-0.2, -0.15) is 0 Å². The normalized spacial score (nSPS) is 24.2. The first kappa shape index (κ1) is 13.9. The highest BCUT2D eigenvalue weighted by atomic mass is 16.4. The largest absolute Gasteiger partial charge is 0.481 e. The smallest absolute Gasteiger partial charge is 0.311 e. The van der Waals surface area contributed by atoms with Crippen LogP contribution in [0.3, 0.4) is 0 Å². The number of carboxylic acids is 1. The van der Waals surface area contributed by atoms with Crippen LogP contribution in [0.5, 0.6) is 0 Å². The molecule has 5 heteroatoms. The maximum Gasteiger partial charge on any atom is 0.311 e. The summed E-state index contributed by atoms with van der Waals surface area (Å²) >= 11 is 0. The van der Waals surface area contributed by atoms with E-state index in [0.29, 0.717) is 26.1 Å². The van der Waals surface area contributed by atoms with Gasteiger partial charge in [-0.15, -0.1) is 0 Å². The highest BCUT2D eigenvalue weighted by molar-refractivity contribution is 5.84. The van der Waals surface area contributed by atoms with Crippen LogP contribution in [0.25, 0.3) is 0 Å². The summed E-state index contributed by atoms with van der Waals surface area (Å²) in [7, 11) is 0. The van der Waals surface area contributed by atoms with Crippen molar-refractivity contribution in [3.63, 3.8) is 0 Å². The van der Waals surface area contributed by atoms with Crippen molar-refractivity contribution in [2.45, 2.75) is 19.8 Å². The number of nitrogens with zero attached hydrogens (tertiary/aromatic N) is 2. The van der Waals surface area contributed by atoms with Gasteiger partial charge >= 0.3 is 5.97 Å². The number of amides is 1. The van der Waals surface area contributed by atoms with Crippen LogP contribution in [-0.2, 0) is 16.0 Å². The van der Waals surface area contributed by atoms with Gasteiger partial charge in [-0.25, -0.2) is 0 Å². The standard InChI is InChI=1S/C16H20N2O3/c1-16(15(20)21)7-9-18(11-16)14(19)10-17-8-6-12-4-2-3-5-13(12)17/h2-5H,6-11H2,1H3,(H,20,21). The molecule has 0 bridgehead atoms. The molecule has 0 saturated carbocycles. The Morgan fingerprint density at radius 2 is 2.05 bits per heavy atom. The summed E-state index contributed by atoms with van der Waals surface area (Å²) in [5.41, 5.74) is 1.62. The first-order valence-corrected chi connectivity index (χ1v) is 7.34. The fourth-order valence-electron chi connectivity index (χ4n) is 3.18. The Morgan fingerprint density at radius 1 is 1.29 bits per heavy atom. The van der Waals surface area contributed by atoms with Gasteiger partial charge in [0.05, 0.1) is 12.0 Å². The van der Waals surface area contributed by atoms with Crippen molar-refractivity contribution in [2.75, 3.05) is 31.1 Å². The monoisotopic (exact) mass is 288 g/mol. The molecule has 112 valence electrons. The summed E-state index contributed by atoms with van der Waals surface area (Å²) < 4.78 is 0. The van der Waals surface area contributed by atoms with E-state index in [1.807, 2.05) is 18.2 Å². The van der Waals surface area contributed by atoms with Gasteiger partial charge in [-0.1, -0.05) is 18.2 Å². The summed E-state index contributed by atoms with van der Waals surface area (Å²) in [6.07, 6.45) is 1.50. The van der Waals surface area contributed by atoms with Crippen LogP contribution >= 0.6 is 0 Å². The van der Waals surface area contributed by atoms with Gasteiger partial charge in [0, 0.05) is 25.3 Å². The highest BCUT2D eigenvalue weighted by Crippen LogP contribution is 2.31. The number of fused-ring (bicyclic) bond motifs is 1. The number of carbonyl (C=O) groups is 2. The van der Waals surface area contributed by atoms with Crippen molar-refractivity contribution in [2.24, 2.45) is 5.41 Å². The van der Waals surface area contributed by atoms with E-state index in [1.165, 1.54) is 5.56 Å². The van der Waals surface area contributed by atoms with E-state index >= 15 is 0 Å². The summed E-state index contributed by atoms with van der Waals surface area (Å²) in [4.78, 5) is 27.4. The number of para-hydroxylation sites is 1. The predicted molar refractivity (Wildman–Crippen MR) is 79.3 cm³/mol. The molecule has 3 rings (SSSR count). The molecule has 0 aromatic heterocycles. The molecule has 1 atom stereocenters. The molecule has 0 aliphatic carbocycles. The van der Waals surface area contributed by atoms with Gasteiger partial charge < -0.3 is 14.9 Å². The Morgan fingerprint density at radius 3 is 2.76 bits per heavy atom. The zero-order valence-electron chi connectivity index (χ0n) is 12.2. The van der Waals surface area contributed by atoms with Crippen LogP contribution in [-0.4, -0.2) is 48.1 Å². The summed E-state index contributed by atoms with van der Waals surface area (Å²) in [5.74, 6) is -0.791. The second-order valence-electron chi connectivity index (χ2n) is 6.23. The van der Waals surface area contributed by atoms with Gasteiger partial charge in [0.15, 0.2) is 0 Å². The molecular formula is C16H20N2O3. The van der Waals surface area contributed by atoms with Crippen LogP contribution in [0.1, 0.15) is 18.9 Å². The minimum Gasteiger partial charge on any atom is -0.481 e. The second kappa shape index (κ2) is 5.06. The van der Waals surface area contributed by atoms with E-state index in [4.69, 9.17) is 0 Å². The van der Waals surface area contributed by atoms with Crippen LogP contribution in [0.2, 0.25) is 0 Å². The fraction of sp³-hybridized carbons (Fsp3) is 0.500. The van der Waals surface area contributed by atoms with E-state index in [2.05, 4.69) is 11.0 Å². The lowest BCUT2D eigenvalue weighted by Crippen LogP contribution is -2.40. The maximum absolute atomic E-state index is 12.4. The number of hydrogen-bond donors (Lipinski definition) is 1. The minimum absolute atomic E-state index is 0.0247. The molecule has 2 heterocycles. The van der Waals surface area contributed by atoms with Crippen LogP contribution in [0, 0.1) is 5.41 Å². The summed E-state index contributed by atoms with van der Waals surface area (Å²) in [6, 6.07) is 8.14. The van der Waals surface area contributed by atoms with E-state index in [-0.39, 0.29) is 5.91 Å². The number of carboxylic acid groups (broad SMARTS) is 1. The van der Waals surface area contributed by atoms with Crippen molar-refractivity contribution in [1.82, 2.24) is 4.90 Å². The first-order chi connectivity index (χ1) is 9.99. The number of anilines is 1. The van der Waals surface area contributed by atoms with Crippen molar-refractivity contribution in [3.05, 3.63) is 29.8 Å². The molecule has 1 fully saturated rings. The zero-order chi connectivity index (χ0) is 15.0. The summed E-state index contributed by atoms with van der Waals surface area (Å²) in [6.45, 7) is 3.77. The molecule has 1 N–H and O–H groups in total. The number of carbonyl (C=O) groups excluding carboxylic acids is 1. The number of likely N-dealkylation sites (tertiary alicyclic amines) is 1. The van der Waals surface area contributed by atoms with E-state index in [9.17, 15) is 14.7 Å². The minimum atomic E-state index is -0.815. The first-order valence-electron chi connectivity index (χ1n) is 7.34. The van der Waals surface area contributed by atoms with Crippen LogP contribution in [0.4, 0.5) is 5.69 Å². The molecule has 0 radical (unpaired) electrons. The number of benzene rings is 1. The van der Waals surface area contributed by atoms with Gasteiger partial charge in [-0.3, -0.25) is 9.59 Å². The summed E-state index contributed by atoms with van der Waals surface area (Å²) in [5, 5.41) is 9.24. The lowest BCUT2D eigenvalue weighted by Gasteiger charge is -2.24. The Balaban J connectivity index is 1.65. The van der Waals surface area contributed by atoms with Crippen molar-refractivity contribution < 1.29 is 14.7 Å². The molecule has 1 aromatic carbocycles. The maximum atomic E-state index is 12.4. The van der Waals surface area contributed by atoms with Crippen LogP contribution in [0.15, 0.2) is 24.3 Å². The quantitative estimate of drug-likeness (QED) is 0.912. The average Bonchev–Trinajstić information content (AvgIpc) is 3.05. The Bertz CT molecular complexity index is 587. The number of rotatable bonds is 3. The second-order valence-corrected chi connectivity index (χ2v) is 6.23. The van der Waals surface area contributed by atoms with Gasteiger partial charge in [-0.05, 0) is 31.4 Å². The lowest BCUT2D eigenvalue weighted by molar-refractivity contribution is -0.147. The number of hydrogen-bond acceptors (Lipinski definition) is 3. The lowest BCUT2D eigenvalue weighted by atomic mass is 9.90. The Hall–Kier alpha value is -2.04. The van der Waals surface area contributed by atoms with Gasteiger partial charge in [0.2, 0.25) is 5.91 Å². The molecule has 1 amide bonds. The Kier molecular flexibility index (Phi) is 3.35. The zero-order valence-corrected chi connectivity index (χ0v) is 12.2. The van der Waals surface area contributed by atoms with Crippen molar-refractivity contribution in [3.8, 4) is 0 Å². The molecule has 0 spiro atoms. The third-order valence-electron chi connectivity index (χ3n) is 4.65. The van der Waals surface area contributed by atoms with Crippen LogP contribution < -0.4 is 4.90 Å².